The second-order valence-corrected chi connectivity index (χ2v) is 9.43. The molecular weight excluding hydrogens is 398 g/mol. The van der Waals surface area contributed by atoms with Crippen molar-refractivity contribution in [1.82, 2.24) is 15.3 Å². The summed E-state index contributed by atoms with van der Waals surface area (Å²) in [4.78, 5) is 11.9. The van der Waals surface area contributed by atoms with Gasteiger partial charge in [-0.1, -0.05) is 18.2 Å². The van der Waals surface area contributed by atoms with Gasteiger partial charge in [0, 0.05) is 37.8 Å². The van der Waals surface area contributed by atoms with E-state index in [-0.39, 0.29) is 0 Å². The molecule has 6 heteroatoms. The van der Waals surface area contributed by atoms with Crippen LogP contribution in [0.3, 0.4) is 0 Å². The van der Waals surface area contributed by atoms with E-state index in [9.17, 15) is 0 Å². The van der Waals surface area contributed by atoms with Gasteiger partial charge in [0.25, 0.3) is 0 Å². The molecule has 2 aliphatic rings. The molecule has 0 atom stereocenters. The quantitative estimate of drug-likeness (QED) is 0.599. The number of nitrogens with one attached hydrogen (secondary N) is 2. The number of para-hydroxylation sites is 1. The van der Waals surface area contributed by atoms with Crippen molar-refractivity contribution < 1.29 is 4.74 Å². The van der Waals surface area contributed by atoms with Gasteiger partial charge in [-0.15, -0.1) is 0 Å². The van der Waals surface area contributed by atoms with E-state index in [1.54, 1.807) is 0 Å². The van der Waals surface area contributed by atoms with Crippen LogP contribution in [-0.2, 0) is 19.4 Å². The maximum Gasteiger partial charge on any atom is 0.225 e. The normalized spacial score (nSPS) is 20.5. The van der Waals surface area contributed by atoms with Crippen molar-refractivity contribution in [2.45, 2.75) is 70.9 Å². The lowest BCUT2D eigenvalue weighted by molar-refractivity contribution is 0.318. The summed E-state index contributed by atoms with van der Waals surface area (Å²) >= 11 is 0. The SMILES string of the molecule is CCOc1ccccc1CNCC1CCC(Nc2nc3c(c(N(C)C)n2)CCCC3)CC1. The number of rotatable bonds is 9. The van der Waals surface area contributed by atoms with E-state index >= 15 is 0 Å². The average molecular weight is 438 g/mol. The summed E-state index contributed by atoms with van der Waals surface area (Å²) in [5.41, 5.74) is 3.85. The number of anilines is 2. The van der Waals surface area contributed by atoms with Gasteiger partial charge in [-0.3, -0.25) is 0 Å². The number of aromatic nitrogens is 2. The number of ether oxygens (including phenoxy) is 1. The van der Waals surface area contributed by atoms with Gasteiger partial charge >= 0.3 is 0 Å². The molecule has 2 aliphatic carbocycles. The highest BCUT2D eigenvalue weighted by atomic mass is 16.5. The van der Waals surface area contributed by atoms with Crippen LogP contribution in [0.15, 0.2) is 24.3 Å². The monoisotopic (exact) mass is 437 g/mol. The van der Waals surface area contributed by atoms with Crippen molar-refractivity contribution >= 4 is 11.8 Å². The molecule has 4 rings (SSSR count). The van der Waals surface area contributed by atoms with E-state index in [1.165, 1.54) is 55.3 Å². The smallest absolute Gasteiger partial charge is 0.225 e. The lowest BCUT2D eigenvalue weighted by Crippen LogP contribution is -2.32. The minimum atomic E-state index is 0.474. The average Bonchev–Trinajstić information content (AvgIpc) is 2.81. The van der Waals surface area contributed by atoms with Crippen LogP contribution in [0.1, 0.15) is 62.3 Å². The number of hydrogen-bond donors (Lipinski definition) is 2. The number of fused-ring (bicyclic) bond motifs is 1. The van der Waals surface area contributed by atoms with Crippen molar-refractivity contribution in [2.24, 2.45) is 5.92 Å². The van der Waals surface area contributed by atoms with Crippen LogP contribution in [0.25, 0.3) is 0 Å². The Morgan fingerprint density at radius 1 is 1.03 bits per heavy atom. The largest absolute Gasteiger partial charge is 0.494 e. The third kappa shape index (κ3) is 5.71. The molecule has 6 nitrogen and oxygen atoms in total. The maximum atomic E-state index is 5.74. The Labute approximate surface area is 193 Å². The predicted molar refractivity (Wildman–Crippen MR) is 132 cm³/mol. The van der Waals surface area contributed by atoms with E-state index in [0.717, 1.165) is 49.4 Å². The van der Waals surface area contributed by atoms with Gasteiger partial charge < -0.3 is 20.3 Å². The topological polar surface area (TPSA) is 62.3 Å². The third-order valence-corrected chi connectivity index (χ3v) is 6.79. The molecule has 0 unspecified atom stereocenters. The minimum absolute atomic E-state index is 0.474. The Bertz CT molecular complexity index is 877. The van der Waals surface area contributed by atoms with Crippen LogP contribution in [-0.4, -0.2) is 43.3 Å². The highest BCUT2D eigenvalue weighted by Gasteiger charge is 2.24. The highest BCUT2D eigenvalue weighted by Crippen LogP contribution is 2.30. The molecule has 0 saturated heterocycles. The van der Waals surface area contributed by atoms with Gasteiger partial charge in [0.05, 0.1) is 12.3 Å². The van der Waals surface area contributed by atoms with E-state index < -0.39 is 0 Å². The summed E-state index contributed by atoms with van der Waals surface area (Å²) in [6.07, 6.45) is 9.52. The Kier molecular flexibility index (Phi) is 7.85. The van der Waals surface area contributed by atoms with Crippen LogP contribution in [0.2, 0.25) is 0 Å². The summed E-state index contributed by atoms with van der Waals surface area (Å²) in [6, 6.07) is 8.81. The van der Waals surface area contributed by atoms with Crippen LogP contribution < -0.4 is 20.3 Å². The molecule has 32 heavy (non-hydrogen) atoms. The van der Waals surface area contributed by atoms with Crippen LogP contribution >= 0.6 is 0 Å². The summed E-state index contributed by atoms with van der Waals surface area (Å²) in [5.74, 6) is 3.65. The molecule has 0 radical (unpaired) electrons. The summed E-state index contributed by atoms with van der Waals surface area (Å²) in [5, 5.41) is 7.32. The number of nitrogens with zero attached hydrogens (tertiary/aromatic N) is 3. The predicted octanol–water partition coefficient (Wildman–Crippen LogP) is 4.58. The van der Waals surface area contributed by atoms with E-state index in [1.807, 2.05) is 13.0 Å². The molecule has 2 aromatic rings. The molecule has 0 bridgehead atoms. The van der Waals surface area contributed by atoms with Crippen molar-refractivity contribution in [2.75, 3.05) is 37.5 Å². The minimum Gasteiger partial charge on any atom is -0.494 e. The molecule has 0 amide bonds. The number of hydrogen-bond acceptors (Lipinski definition) is 6. The van der Waals surface area contributed by atoms with Crippen molar-refractivity contribution in [3.63, 3.8) is 0 Å². The Morgan fingerprint density at radius 2 is 1.81 bits per heavy atom. The number of benzene rings is 1. The fourth-order valence-electron chi connectivity index (χ4n) is 5.06. The highest BCUT2D eigenvalue weighted by molar-refractivity contribution is 5.52. The molecule has 174 valence electrons. The van der Waals surface area contributed by atoms with Crippen LogP contribution in [0.4, 0.5) is 11.8 Å². The van der Waals surface area contributed by atoms with Gasteiger partial charge in [-0.2, -0.15) is 4.98 Å². The van der Waals surface area contributed by atoms with E-state index in [4.69, 9.17) is 14.7 Å². The zero-order valence-corrected chi connectivity index (χ0v) is 20.0. The molecule has 1 heterocycles. The summed E-state index contributed by atoms with van der Waals surface area (Å²) in [7, 11) is 4.18. The molecule has 2 N–H and O–H groups in total. The van der Waals surface area contributed by atoms with Gasteiger partial charge in [0.15, 0.2) is 0 Å². The zero-order chi connectivity index (χ0) is 22.3. The van der Waals surface area contributed by atoms with E-state index in [2.05, 4.69) is 47.8 Å². The van der Waals surface area contributed by atoms with Crippen LogP contribution in [0.5, 0.6) is 5.75 Å². The Balaban J connectivity index is 1.26. The standard InChI is InChI=1S/C26H39N5O/c1-4-32-24-12-8-5-9-20(24)18-27-17-19-13-15-21(16-14-19)28-26-29-23-11-7-6-10-22(23)25(30-26)31(2)3/h5,8-9,12,19,21,27H,4,6-7,10-11,13-18H2,1-3H3,(H,28,29,30). The molecule has 0 spiro atoms. The molecule has 1 fully saturated rings. The van der Waals surface area contributed by atoms with Crippen molar-refractivity contribution in [1.29, 1.82) is 0 Å². The van der Waals surface area contributed by atoms with Crippen molar-refractivity contribution in [3.8, 4) is 5.75 Å². The first kappa shape index (κ1) is 22.8. The first-order valence-corrected chi connectivity index (χ1v) is 12.4. The lowest BCUT2D eigenvalue weighted by Gasteiger charge is -2.30. The Hall–Kier alpha value is -2.34. The van der Waals surface area contributed by atoms with Crippen LogP contribution in [0, 0.1) is 5.92 Å². The summed E-state index contributed by atoms with van der Waals surface area (Å²) in [6.45, 7) is 4.67. The fraction of sp³-hybridized carbons (Fsp3) is 0.615. The first-order valence-electron chi connectivity index (χ1n) is 12.4. The van der Waals surface area contributed by atoms with Gasteiger partial charge in [-0.25, -0.2) is 4.98 Å². The molecule has 0 aliphatic heterocycles. The maximum absolute atomic E-state index is 5.74. The van der Waals surface area contributed by atoms with Gasteiger partial charge in [0.2, 0.25) is 5.95 Å². The second kappa shape index (κ2) is 11.0. The Morgan fingerprint density at radius 3 is 2.59 bits per heavy atom. The molecular formula is C26H39N5O. The molecule has 1 saturated carbocycles. The second-order valence-electron chi connectivity index (χ2n) is 9.43. The first-order chi connectivity index (χ1) is 15.6. The lowest BCUT2D eigenvalue weighted by atomic mass is 9.86. The van der Waals surface area contributed by atoms with Gasteiger partial charge in [0.1, 0.15) is 11.6 Å². The number of aryl methyl sites for hydroxylation is 1. The van der Waals surface area contributed by atoms with Crippen molar-refractivity contribution in [3.05, 3.63) is 41.1 Å². The molecule has 1 aromatic heterocycles. The van der Waals surface area contributed by atoms with Gasteiger partial charge in [-0.05, 0) is 76.8 Å². The third-order valence-electron chi connectivity index (χ3n) is 6.79. The van der Waals surface area contributed by atoms with E-state index in [0.29, 0.717) is 12.6 Å². The molecule has 1 aromatic carbocycles. The fourth-order valence-corrected chi connectivity index (χ4v) is 5.06. The summed E-state index contributed by atoms with van der Waals surface area (Å²) < 4.78 is 5.74. The zero-order valence-electron chi connectivity index (χ0n) is 20.0.